The lowest BCUT2D eigenvalue weighted by Crippen LogP contribution is -2.48. The summed E-state index contributed by atoms with van der Waals surface area (Å²) >= 11 is 0. The molecule has 20 heavy (non-hydrogen) atoms. The van der Waals surface area contributed by atoms with Crippen molar-refractivity contribution in [3.05, 3.63) is 0 Å². The zero-order chi connectivity index (χ0) is 14.2. The summed E-state index contributed by atoms with van der Waals surface area (Å²) in [6, 6.07) is 0.489. The Balaban J connectivity index is 1.50. The molecule has 3 fully saturated rings. The molecule has 0 unspecified atom stereocenters. The number of nitrogens with one attached hydrogen (secondary N) is 2. The van der Waals surface area contributed by atoms with Crippen molar-refractivity contribution in [1.29, 1.82) is 0 Å². The predicted molar refractivity (Wildman–Crippen MR) is 77.1 cm³/mol. The van der Waals surface area contributed by atoms with Crippen LogP contribution in [0.15, 0.2) is 0 Å². The van der Waals surface area contributed by atoms with Gasteiger partial charge in [0.25, 0.3) is 0 Å². The van der Waals surface area contributed by atoms with Crippen molar-refractivity contribution < 1.29 is 13.2 Å². The van der Waals surface area contributed by atoms with Gasteiger partial charge in [-0.1, -0.05) is 12.8 Å². The van der Waals surface area contributed by atoms with E-state index in [0.29, 0.717) is 24.8 Å². The van der Waals surface area contributed by atoms with E-state index in [1.54, 1.807) is 0 Å². The number of fused-ring (bicyclic) bond motifs is 1. The molecule has 2 heterocycles. The van der Waals surface area contributed by atoms with E-state index < -0.39 is 9.84 Å². The van der Waals surface area contributed by atoms with E-state index in [-0.39, 0.29) is 29.5 Å². The Hall–Kier alpha value is -0.620. The topological polar surface area (TPSA) is 75.3 Å². The maximum Gasteiger partial charge on any atom is 0.237 e. The zero-order valence-corrected chi connectivity index (χ0v) is 12.6. The fourth-order valence-corrected chi connectivity index (χ4v) is 5.35. The number of carbonyl (C=O) groups excluding carboxylic acids is 1. The van der Waals surface area contributed by atoms with Crippen LogP contribution in [-0.2, 0) is 14.6 Å². The molecule has 1 aliphatic carbocycles. The quantitative estimate of drug-likeness (QED) is 0.783. The average Bonchev–Trinajstić information content (AvgIpc) is 2.85. The molecule has 0 spiro atoms. The minimum atomic E-state index is -2.85. The Kier molecular flexibility index (Phi) is 4.04. The molecule has 0 aromatic rings. The van der Waals surface area contributed by atoms with Crippen LogP contribution in [0.2, 0.25) is 0 Å². The zero-order valence-electron chi connectivity index (χ0n) is 11.8. The lowest BCUT2D eigenvalue weighted by Gasteiger charge is -2.25. The van der Waals surface area contributed by atoms with Crippen LogP contribution in [0.1, 0.15) is 44.9 Å². The normalized spacial score (nSPS) is 37.3. The van der Waals surface area contributed by atoms with Gasteiger partial charge in [0.2, 0.25) is 5.91 Å². The van der Waals surface area contributed by atoms with E-state index in [0.717, 1.165) is 6.42 Å². The van der Waals surface area contributed by atoms with Crippen LogP contribution in [0.4, 0.5) is 0 Å². The van der Waals surface area contributed by atoms with Crippen molar-refractivity contribution in [3.8, 4) is 0 Å². The highest BCUT2D eigenvalue weighted by atomic mass is 32.2. The first-order chi connectivity index (χ1) is 9.53. The Morgan fingerprint density at radius 3 is 2.45 bits per heavy atom. The fourth-order valence-electron chi connectivity index (χ4n) is 3.86. The second-order valence-corrected chi connectivity index (χ2v) is 8.84. The minimum absolute atomic E-state index is 0.0375. The van der Waals surface area contributed by atoms with Crippen LogP contribution in [0.3, 0.4) is 0 Å². The first kappa shape index (κ1) is 14.3. The van der Waals surface area contributed by atoms with E-state index >= 15 is 0 Å². The van der Waals surface area contributed by atoms with E-state index in [9.17, 15) is 13.2 Å². The Morgan fingerprint density at radius 1 is 1.05 bits per heavy atom. The third-order valence-electron chi connectivity index (χ3n) is 5.08. The van der Waals surface area contributed by atoms with Gasteiger partial charge in [-0.15, -0.1) is 0 Å². The molecular formula is C14H24N2O3S. The second kappa shape index (κ2) is 5.64. The average molecular weight is 300 g/mol. The number of hydrogen-bond acceptors (Lipinski definition) is 4. The molecule has 1 saturated carbocycles. The lowest BCUT2D eigenvalue weighted by molar-refractivity contribution is -0.123. The molecule has 3 aliphatic rings. The molecule has 0 aromatic heterocycles. The summed E-state index contributed by atoms with van der Waals surface area (Å²) in [6.45, 7) is 0. The van der Waals surface area contributed by atoms with Crippen LogP contribution >= 0.6 is 0 Å². The highest BCUT2D eigenvalue weighted by molar-refractivity contribution is 7.91. The van der Waals surface area contributed by atoms with E-state index in [4.69, 9.17) is 0 Å². The fraction of sp³-hybridized carbons (Fsp3) is 0.929. The molecule has 3 rings (SSSR count). The van der Waals surface area contributed by atoms with E-state index in [1.165, 1.54) is 25.7 Å². The predicted octanol–water partition coefficient (Wildman–Crippen LogP) is 0.600. The smallest absolute Gasteiger partial charge is 0.237 e. The van der Waals surface area contributed by atoms with Crippen LogP contribution in [0.25, 0.3) is 0 Å². The first-order valence-corrected chi connectivity index (χ1v) is 9.62. The van der Waals surface area contributed by atoms with Crippen molar-refractivity contribution in [1.82, 2.24) is 10.6 Å². The Labute approximate surface area is 120 Å². The molecular weight excluding hydrogens is 276 g/mol. The van der Waals surface area contributed by atoms with E-state index in [2.05, 4.69) is 10.6 Å². The summed E-state index contributed by atoms with van der Waals surface area (Å²) in [5, 5.41) is 6.51. The maximum absolute atomic E-state index is 12.3. The largest absolute Gasteiger partial charge is 0.352 e. The number of sulfone groups is 1. The summed E-state index contributed by atoms with van der Waals surface area (Å²) in [4.78, 5) is 12.3. The molecule has 0 bridgehead atoms. The van der Waals surface area contributed by atoms with Crippen LogP contribution in [-0.4, -0.2) is 44.0 Å². The van der Waals surface area contributed by atoms with Gasteiger partial charge < -0.3 is 10.6 Å². The Morgan fingerprint density at radius 2 is 1.75 bits per heavy atom. The Bertz CT molecular complexity index is 449. The number of amides is 1. The lowest BCUT2D eigenvalue weighted by atomic mass is 9.85. The second-order valence-electron chi connectivity index (χ2n) is 6.54. The van der Waals surface area contributed by atoms with Gasteiger partial charge in [0.1, 0.15) is 9.84 Å². The monoisotopic (exact) mass is 300 g/mol. The standard InChI is InChI=1S/C14H24N2O3S/c17-14(15-11-5-7-20(18,19)8-6-11)13-9-10-3-1-2-4-12(10)16-13/h10-13,16H,1-9H2,(H,15,17)/t10-,12-,13-/m0/s1. The van der Waals surface area contributed by atoms with Crippen LogP contribution < -0.4 is 10.6 Å². The SMILES string of the molecule is O=C(NC1CCS(=O)(=O)CC1)[C@@H]1C[C@@H]2CCCC[C@@H]2N1. The molecule has 114 valence electrons. The molecule has 2 aliphatic heterocycles. The van der Waals surface area contributed by atoms with Gasteiger partial charge in [-0.25, -0.2) is 8.42 Å². The third kappa shape index (κ3) is 3.17. The molecule has 6 heteroatoms. The molecule has 0 radical (unpaired) electrons. The van der Waals surface area contributed by atoms with Crippen molar-refractivity contribution in [3.63, 3.8) is 0 Å². The summed E-state index contributed by atoms with van der Waals surface area (Å²) in [5.74, 6) is 1.15. The van der Waals surface area contributed by atoms with Gasteiger partial charge in [0.05, 0.1) is 17.5 Å². The van der Waals surface area contributed by atoms with Gasteiger partial charge in [0.15, 0.2) is 0 Å². The van der Waals surface area contributed by atoms with Crippen molar-refractivity contribution in [2.45, 2.75) is 63.1 Å². The highest BCUT2D eigenvalue weighted by Gasteiger charge is 2.38. The number of carbonyl (C=O) groups is 1. The van der Waals surface area contributed by atoms with Gasteiger partial charge in [-0.3, -0.25) is 4.79 Å². The summed E-state index contributed by atoms with van der Waals surface area (Å²) < 4.78 is 22.8. The van der Waals surface area contributed by atoms with Gasteiger partial charge >= 0.3 is 0 Å². The summed E-state index contributed by atoms with van der Waals surface area (Å²) in [7, 11) is -2.85. The van der Waals surface area contributed by atoms with Gasteiger partial charge in [-0.2, -0.15) is 0 Å². The molecule has 5 nitrogen and oxygen atoms in total. The van der Waals surface area contributed by atoms with Gasteiger partial charge in [0, 0.05) is 12.1 Å². The maximum atomic E-state index is 12.3. The number of rotatable bonds is 2. The van der Waals surface area contributed by atoms with E-state index in [1.807, 2.05) is 0 Å². The van der Waals surface area contributed by atoms with Gasteiger partial charge in [-0.05, 0) is 38.0 Å². The van der Waals surface area contributed by atoms with Crippen molar-refractivity contribution in [2.24, 2.45) is 5.92 Å². The van der Waals surface area contributed by atoms with Crippen LogP contribution in [0, 0.1) is 5.92 Å². The summed E-state index contributed by atoms with van der Waals surface area (Å²) in [5.41, 5.74) is 0. The molecule has 0 aromatic carbocycles. The number of hydrogen-bond donors (Lipinski definition) is 2. The molecule has 2 saturated heterocycles. The van der Waals surface area contributed by atoms with Crippen molar-refractivity contribution in [2.75, 3.05) is 11.5 Å². The third-order valence-corrected chi connectivity index (χ3v) is 6.80. The molecule has 2 N–H and O–H groups in total. The molecule has 1 amide bonds. The van der Waals surface area contributed by atoms with Crippen LogP contribution in [0.5, 0.6) is 0 Å². The molecule has 3 atom stereocenters. The van der Waals surface area contributed by atoms with Crippen molar-refractivity contribution >= 4 is 15.7 Å². The highest BCUT2D eigenvalue weighted by Crippen LogP contribution is 2.33. The first-order valence-electron chi connectivity index (χ1n) is 7.80. The minimum Gasteiger partial charge on any atom is -0.352 e. The summed E-state index contributed by atoms with van der Waals surface area (Å²) in [6.07, 6.45) is 7.06.